The molecule has 0 aliphatic carbocycles. The molecular weight excluding hydrogens is 472 g/mol. The zero-order chi connectivity index (χ0) is 26.8. The van der Waals surface area contributed by atoms with Crippen molar-refractivity contribution in [3.63, 3.8) is 0 Å². The van der Waals surface area contributed by atoms with Crippen LogP contribution in [0.4, 0.5) is 11.4 Å². The third kappa shape index (κ3) is 7.66. The fraction of sp³-hybridized carbons (Fsp3) is 0.214. The first-order valence-electron chi connectivity index (χ1n) is 11.7. The minimum atomic E-state index is -0.954. The Kier molecular flexibility index (Phi) is 9.37. The van der Waals surface area contributed by atoms with Gasteiger partial charge in [-0.15, -0.1) is 0 Å². The topological polar surface area (TPSA) is 118 Å². The number of carbonyl (C=O) groups is 3. The number of hydrogen-bond donors (Lipinski definition) is 3. The van der Waals surface area contributed by atoms with Crippen LogP contribution >= 0.6 is 0 Å². The zero-order valence-corrected chi connectivity index (χ0v) is 21.3. The predicted molar refractivity (Wildman–Crippen MR) is 143 cm³/mol. The van der Waals surface area contributed by atoms with Crippen LogP contribution in [0.3, 0.4) is 0 Å². The van der Waals surface area contributed by atoms with Gasteiger partial charge in [0.1, 0.15) is 11.5 Å². The van der Waals surface area contributed by atoms with Crippen LogP contribution in [0, 0.1) is 20.8 Å². The molecule has 192 valence electrons. The Labute approximate surface area is 215 Å². The number of amides is 3. The molecule has 3 rings (SSSR count). The molecule has 0 saturated heterocycles. The summed E-state index contributed by atoms with van der Waals surface area (Å²) < 4.78 is 11.1. The van der Waals surface area contributed by atoms with Gasteiger partial charge in [0, 0.05) is 11.3 Å². The number of nitrogens with one attached hydrogen (secondary N) is 3. The zero-order valence-electron chi connectivity index (χ0n) is 21.3. The lowest BCUT2D eigenvalue weighted by atomic mass is 10.1. The third-order valence-electron chi connectivity index (χ3n) is 5.23. The normalized spacial score (nSPS) is 10.6. The molecule has 0 aromatic heterocycles. The van der Waals surface area contributed by atoms with Crippen molar-refractivity contribution in [3.05, 3.63) is 82.9 Å². The molecule has 9 nitrogen and oxygen atoms in total. The molecular formula is C28H30N4O5. The summed E-state index contributed by atoms with van der Waals surface area (Å²) in [6, 6.07) is 17.7. The van der Waals surface area contributed by atoms with E-state index < -0.39 is 11.8 Å². The number of nitrogens with zero attached hydrogens (tertiary/aromatic N) is 1. The molecule has 0 aliphatic rings. The molecule has 9 heteroatoms. The number of anilines is 2. The number of carbonyl (C=O) groups excluding carboxylic acids is 3. The number of benzene rings is 3. The minimum Gasteiger partial charge on any atom is -0.492 e. The van der Waals surface area contributed by atoms with E-state index in [9.17, 15) is 14.4 Å². The third-order valence-corrected chi connectivity index (χ3v) is 5.23. The van der Waals surface area contributed by atoms with Gasteiger partial charge in [-0.25, -0.2) is 5.43 Å². The van der Waals surface area contributed by atoms with E-state index in [1.807, 2.05) is 39.8 Å². The molecule has 3 amide bonds. The number of ether oxygens (including phenoxy) is 2. The van der Waals surface area contributed by atoms with Gasteiger partial charge < -0.3 is 20.1 Å². The lowest BCUT2D eigenvalue weighted by Crippen LogP contribution is -2.32. The first-order chi connectivity index (χ1) is 17.8. The summed E-state index contributed by atoms with van der Waals surface area (Å²) in [7, 11) is 0. The summed E-state index contributed by atoms with van der Waals surface area (Å²) >= 11 is 0. The lowest BCUT2D eigenvalue weighted by molar-refractivity contribution is -0.136. The Morgan fingerprint density at radius 3 is 2.19 bits per heavy atom. The highest BCUT2D eigenvalue weighted by Gasteiger charge is 2.15. The Hall–Kier alpha value is -4.66. The van der Waals surface area contributed by atoms with Gasteiger partial charge in [-0.1, -0.05) is 42.0 Å². The lowest BCUT2D eigenvalue weighted by Gasteiger charge is -2.14. The van der Waals surface area contributed by atoms with Crippen molar-refractivity contribution < 1.29 is 23.9 Å². The smallest absolute Gasteiger partial charge is 0.329 e. The van der Waals surface area contributed by atoms with E-state index >= 15 is 0 Å². The molecule has 3 N–H and O–H groups in total. The van der Waals surface area contributed by atoms with Crippen molar-refractivity contribution in [1.82, 2.24) is 5.43 Å². The summed E-state index contributed by atoms with van der Waals surface area (Å²) in [5.74, 6) is -1.31. The van der Waals surface area contributed by atoms with Crippen LogP contribution in [0.2, 0.25) is 0 Å². The Bertz CT molecular complexity index is 1300. The van der Waals surface area contributed by atoms with Gasteiger partial charge in [-0.05, 0) is 63.1 Å². The number of hydrogen-bond acceptors (Lipinski definition) is 6. The number of hydrazone groups is 1. The van der Waals surface area contributed by atoms with E-state index in [1.165, 1.54) is 6.21 Å². The van der Waals surface area contributed by atoms with Crippen molar-refractivity contribution in [1.29, 1.82) is 0 Å². The van der Waals surface area contributed by atoms with Crippen LogP contribution in [0.15, 0.2) is 65.8 Å². The summed E-state index contributed by atoms with van der Waals surface area (Å²) in [6.07, 6.45) is 1.33. The van der Waals surface area contributed by atoms with Crippen LogP contribution in [-0.4, -0.2) is 37.1 Å². The van der Waals surface area contributed by atoms with Crippen LogP contribution in [0.1, 0.15) is 29.2 Å². The standard InChI is InChI=1S/C28H30N4O5/c1-5-36-24-13-9-7-11-22(24)30-27(34)28(35)32-29-16-21-10-6-8-12-23(21)37-17-25(33)31-26-19(3)14-18(2)15-20(26)4/h6-16H,5,17H2,1-4H3,(H,30,34)(H,31,33)(H,32,35)/b29-16-. The van der Waals surface area contributed by atoms with E-state index in [-0.39, 0.29) is 12.5 Å². The van der Waals surface area contributed by atoms with Crippen LogP contribution in [0.25, 0.3) is 0 Å². The largest absolute Gasteiger partial charge is 0.492 e. The van der Waals surface area contributed by atoms with Crippen LogP contribution in [0.5, 0.6) is 11.5 Å². The van der Waals surface area contributed by atoms with Crippen molar-refractivity contribution >= 4 is 35.3 Å². The molecule has 0 heterocycles. The van der Waals surface area contributed by atoms with Crippen LogP contribution < -0.4 is 25.5 Å². The minimum absolute atomic E-state index is 0.217. The quantitative estimate of drug-likeness (QED) is 0.231. The molecule has 0 bridgehead atoms. The highest BCUT2D eigenvalue weighted by atomic mass is 16.5. The summed E-state index contributed by atoms with van der Waals surface area (Å²) in [6.45, 7) is 7.90. The monoisotopic (exact) mass is 502 g/mol. The van der Waals surface area contributed by atoms with Crippen molar-refractivity contribution in [2.45, 2.75) is 27.7 Å². The van der Waals surface area contributed by atoms with Gasteiger partial charge >= 0.3 is 11.8 Å². The summed E-state index contributed by atoms with van der Waals surface area (Å²) in [5, 5.41) is 9.24. The maximum Gasteiger partial charge on any atom is 0.329 e. The molecule has 3 aromatic rings. The predicted octanol–water partition coefficient (Wildman–Crippen LogP) is 4.12. The van der Waals surface area contributed by atoms with Gasteiger partial charge in [0.15, 0.2) is 6.61 Å². The van der Waals surface area contributed by atoms with E-state index in [1.54, 1.807) is 48.5 Å². The number of rotatable bonds is 9. The Balaban J connectivity index is 1.57. The maximum absolute atomic E-state index is 12.5. The maximum atomic E-state index is 12.5. The van der Waals surface area contributed by atoms with E-state index in [4.69, 9.17) is 9.47 Å². The molecule has 0 saturated carbocycles. The van der Waals surface area contributed by atoms with E-state index in [0.717, 1.165) is 22.4 Å². The summed E-state index contributed by atoms with van der Waals surface area (Å²) in [5.41, 5.74) is 6.91. The number of para-hydroxylation sites is 3. The molecule has 0 aliphatic heterocycles. The highest BCUT2D eigenvalue weighted by molar-refractivity contribution is 6.39. The fourth-order valence-corrected chi connectivity index (χ4v) is 3.66. The first kappa shape index (κ1) is 26.9. The van der Waals surface area contributed by atoms with Gasteiger partial charge in [-0.3, -0.25) is 14.4 Å². The molecule has 3 aromatic carbocycles. The Morgan fingerprint density at radius 1 is 0.838 bits per heavy atom. The molecule has 37 heavy (non-hydrogen) atoms. The van der Waals surface area contributed by atoms with Gasteiger partial charge in [0.25, 0.3) is 5.91 Å². The van der Waals surface area contributed by atoms with Gasteiger partial charge in [-0.2, -0.15) is 5.10 Å². The number of aryl methyl sites for hydroxylation is 3. The second-order valence-electron chi connectivity index (χ2n) is 8.23. The van der Waals surface area contributed by atoms with Crippen molar-refractivity contribution in [2.24, 2.45) is 5.10 Å². The van der Waals surface area contributed by atoms with Gasteiger partial charge in [0.2, 0.25) is 0 Å². The SMILES string of the molecule is CCOc1ccccc1NC(=O)C(=O)N/N=C\c1ccccc1OCC(=O)Nc1c(C)cc(C)cc1C. The second-order valence-corrected chi connectivity index (χ2v) is 8.23. The molecule has 0 unspecified atom stereocenters. The first-order valence-corrected chi connectivity index (χ1v) is 11.7. The molecule has 0 radical (unpaired) electrons. The van der Waals surface area contributed by atoms with Crippen molar-refractivity contribution in [3.8, 4) is 11.5 Å². The average molecular weight is 503 g/mol. The molecule has 0 spiro atoms. The van der Waals surface area contributed by atoms with Gasteiger partial charge in [0.05, 0.1) is 18.5 Å². The average Bonchev–Trinajstić information content (AvgIpc) is 2.86. The molecule has 0 fully saturated rings. The fourth-order valence-electron chi connectivity index (χ4n) is 3.66. The molecule has 0 atom stereocenters. The highest BCUT2D eigenvalue weighted by Crippen LogP contribution is 2.24. The second kappa shape index (κ2) is 12.9. The van der Waals surface area contributed by atoms with Crippen LogP contribution in [-0.2, 0) is 14.4 Å². The van der Waals surface area contributed by atoms with E-state index in [0.29, 0.717) is 29.4 Å². The Morgan fingerprint density at radius 2 is 1.49 bits per heavy atom. The summed E-state index contributed by atoms with van der Waals surface area (Å²) in [4.78, 5) is 36.9. The van der Waals surface area contributed by atoms with Crippen molar-refractivity contribution in [2.75, 3.05) is 23.8 Å². The van der Waals surface area contributed by atoms with E-state index in [2.05, 4.69) is 21.2 Å².